The monoisotopic (exact) mass is 961 g/mol. The fraction of sp³-hybridized carbons (Fsp3) is 0.368. The number of hydrogen-bond acceptors (Lipinski definition) is 6. The summed E-state index contributed by atoms with van der Waals surface area (Å²) in [5.41, 5.74) is 3.86. The van der Waals surface area contributed by atoms with E-state index in [1.807, 2.05) is 55.5 Å². The number of aliphatic hydroxyl groups excluding tert-OH is 2. The standard InChI is InChI=1S/C38H42Br4O6.V/c1-7-27(43)20-47-35-31(39)16-25(17-32(35)40)38(4,5)26-18-33(41)36(34(42)19-26)48-22-28(44)21-46-30-14-10-24(11-15-30)37(2,3)23-8-12-29(45-6)13-9-23;/h8-19,27-28,43-44H,7,20-22H2,1-6H3;. The van der Waals surface area contributed by atoms with E-state index in [9.17, 15) is 10.2 Å². The summed E-state index contributed by atoms with van der Waals surface area (Å²) >= 11 is 14.7. The molecule has 0 saturated carbocycles. The number of ether oxygens (including phenoxy) is 4. The minimum absolute atomic E-state index is 0. The number of methoxy groups -OCH3 is 1. The van der Waals surface area contributed by atoms with Crippen molar-refractivity contribution in [1.29, 1.82) is 0 Å². The molecule has 4 aromatic carbocycles. The van der Waals surface area contributed by atoms with Crippen LogP contribution >= 0.6 is 63.7 Å². The van der Waals surface area contributed by atoms with Gasteiger partial charge in [-0.3, -0.25) is 0 Å². The molecule has 4 aromatic rings. The van der Waals surface area contributed by atoms with Crippen LogP contribution in [0.5, 0.6) is 23.0 Å². The van der Waals surface area contributed by atoms with E-state index in [0.29, 0.717) is 23.7 Å². The average molecular weight is 965 g/mol. The molecular formula is C38H42Br4O6V. The minimum atomic E-state index is -0.843. The molecule has 0 amide bonds. The van der Waals surface area contributed by atoms with Crippen molar-refractivity contribution in [2.45, 2.75) is 64.1 Å². The average Bonchev–Trinajstić information content (AvgIpc) is 3.06. The zero-order valence-corrected chi connectivity index (χ0v) is 36.1. The van der Waals surface area contributed by atoms with Crippen molar-refractivity contribution in [2.75, 3.05) is 26.9 Å². The van der Waals surface area contributed by atoms with E-state index in [2.05, 4.69) is 116 Å². The molecule has 6 nitrogen and oxygen atoms in total. The quantitative estimate of drug-likeness (QED) is 0.124. The Bertz CT molecular complexity index is 1630. The molecule has 0 aliphatic carbocycles. The van der Waals surface area contributed by atoms with Gasteiger partial charge in [-0.1, -0.05) is 58.9 Å². The molecule has 4 rings (SSSR count). The maximum Gasteiger partial charge on any atom is 0.147 e. The number of benzene rings is 4. The fourth-order valence-electron chi connectivity index (χ4n) is 5.14. The van der Waals surface area contributed by atoms with Gasteiger partial charge in [-0.05, 0) is 141 Å². The molecule has 0 aliphatic rings. The SMILES string of the molecule is CCC(O)COc1c(Br)cc(C(C)(C)c2cc(Br)c(OCC(O)COc3ccc(C(C)(C)c4ccc(OC)cc4)cc3)c(Br)c2)cc1Br.[V]. The summed E-state index contributed by atoms with van der Waals surface area (Å²) in [7, 11) is 1.67. The summed E-state index contributed by atoms with van der Waals surface area (Å²) in [4.78, 5) is 0. The summed E-state index contributed by atoms with van der Waals surface area (Å²) in [6.45, 7) is 10.9. The van der Waals surface area contributed by atoms with Crippen LogP contribution in [0.3, 0.4) is 0 Å². The Hall–Kier alpha value is -1.50. The molecule has 0 spiro atoms. The van der Waals surface area contributed by atoms with Crippen LogP contribution in [0, 0.1) is 0 Å². The second-order valence-electron chi connectivity index (χ2n) is 12.7. The molecule has 0 aromatic heterocycles. The summed E-state index contributed by atoms with van der Waals surface area (Å²) in [6, 6.07) is 24.2. The molecule has 0 fully saturated rings. The van der Waals surface area contributed by atoms with Gasteiger partial charge < -0.3 is 29.2 Å². The van der Waals surface area contributed by atoms with Crippen LogP contribution in [0.1, 0.15) is 63.3 Å². The third-order valence-corrected chi connectivity index (χ3v) is 10.9. The van der Waals surface area contributed by atoms with Gasteiger partial charge in [-0.2, -0.15) is 0 Å². The van der Waals surface area contributed by atoms with Crippen molar-refractivity contribution in [3.05, 3.63) is 113 Å². The summed E-state index contributed by atoms with van der Waals surface area (Å²) in [5.74, 6) is 2.76. The number of halogens is 4. The van der Waals surface area contributed by atoms with Gasteiger partial charge >= 0.3 is 0 Å². The van der Waals surface area contributed by atoms with Crippen LogP contribution in [0.15, 0.2) is 90.7 Å². The predicted molar refractivity (Wildman–Crippen MR) is 206 cm³/mol. The van der Waals surface area contributed by atoms with E-state index < -0.39 is 12.2 Å². The first kappa shape index (κ1) is 41.9. The number of rotatable bonds is 15. The van der Waals surface area contributed by atoms with Crippen molar-refractivity contribution in [3.8, 4) is 23.0 Å². The van der Waals surface area contributed by atoms with Crippen molar-refractivity contribution in [3.63, 3.8) is 0 Å². The molecule has 2 unspecified atom stereocenters. The van der Waals surface area contributed by atoms with Crippen LogP contribution in [-0.2, 0) is 29.4 Å². The largest absolute Gasteiger partial charge is 0.497 e. The molecule has 0 saturated heterocycles. The number of aliphatic hydroxyl groups is 2. The van der Waals surface area contributed by atoms with Gasteiger partial charge in [0, 0.05) is 29.4 Å². The Balaban J connectivity index is 0.00000650. The first-order valence-corrected chi connectivity index (χ1v) is 18.8. The molecule has 263 valence electrons. The van der Waals surface area contributed by atoms with Crippen molar-refractivity contribution in [1.82, 2.24) is 0 Å². The smallest absolute Gasteiger partial charge is 0.147 e. The van der Waals surface area contributed by atoms with Gasteiger partial charge in [0.25, 0.3) is 0 Å². The molecule has 2 atom stereocenters. The van der Waals surface area contributed by atoms with Gasteiger partial charge in [0.1, 0.15) is 48.9 Å². The topological polar surface area (TPSA) is 77.4 Å². The first-order valence-electron chi connectivity index (χ1n) is 15.7. The zero-order chi connectivity index (χ0) is 35.2. The van der Waals surface area contributed by atoms with Crippen LogP contribution in [0.4, 0.5) is 0 Å². The van der Waals surface area contributed by atoms with Crippen LogP contribution in [-0.4, -0.2) is 49.4 Å². The maximum absolute atomic E-state index is 10.7. The normalized spacial score (nSPS) is 12.9. The van der Waals surface area contributed by atoms with Gasteiger partial charge in [0.05, 0.1) is 31.1 Å². The van der Waals surface area contributed by atoms with Crippen LogP contribution < -0.4 is 18.9 Å². The Morgan fingerprint density at radius 1 is 0.551 bits per heavy atom. The Morgan fingerprint density at radius 3 is 1.29 bits per heavy atom. The zero-order valence-electron chi connectivity index (χ0n) is 28.4. The Labute approximate surface area is 335 Å². The third-order valence-electron chi connectivity index (χ3n) is 8.58. The molecule has 1 radical (unpaired) electrons. The van der Waals surface area contributed by atoms with E-state index >= 15 is 0 Å². The second kappa shape index (κ2) is 18.3. The van der Waals surface area contributed by atoms with E-state index in [1.165, 1.54) is 5.56 Å². The second-order valence-corrected chi connectivity index (χ2v) is 16.1. The van der Waals surface area contributed by atoms with Gasteiger partial charge in [-0.15, -0.1) is 0 Å². The van der Waals surface area contributed by atoms with Crippen molar-refractivity contribution < 1.29 is 47.7 Å². The van der Waals surface area contributed by atoms with Gasteiger partial charge in [0.2, 0.25) is 0 Å². The molecule has 49 heavy (non-hydrogen) atoms. The van der Waals surface area contributed by atoms with Gasteiger partial charge in [0.15, 0.2) is 0 Å². The summed E-state index contributed by atoms with van der Waals surface area (Å²) < 4.78 is 26.2. The van der Waals surface area contributed by atoms with E-state index in [0.717, 1.165) is 40.3 Å². The van der Waals surface area contributed by atoms with Crippen LogP contribution in [0.2, 0.25) is 0 Å². The van der Waals surface area contributed by atoms with E-state index in [-0.39, 0.29) is 49.2 Å². The van der Waals surface area contributed by atoms with Crippen molar-refractivity contribution in [2.24, 2.45) is 0 Å². The third kappa shape index (κ3) is 10.5. The fourth-order valence-corrected chi connectivity index (χ4v) is 7.97. The molecular weight excluding hydrogens is 923 g/mol. The minimum Gasteiger partial charge on any atom is -0.497 e. The molecule has 0 bridgehead atoms. The summed E-state index contributed by atoms with van der Waals surface area (Å²) in [5, 5.41) is 20.6. The summed E-state index contributed by atoms with van der Waals surface area (Å²) in [6.07, 6.45) is -0.744. The first-order chi connectivity index (χ1) is 22.7. The van der Waals surface area contributed by atoms with E-state index in [1.54, 1.807) is 7.11 Å². The van der Waals surface area contributed by atoms with Gasteiger partial charge in [-0.25, -0.2) is 0 Å². The van der Waals surface area contributed by atoms with Crippen LogP contribution in [0.25, 0.3) is 0 Å². The van der Waals surface area contributed by atoms with E-state index in [4.69, 9.17) is 18.9 Å². The Kier molecular flexibility index (Phi) is 15.7. The molecule has 2 N–H and O–H groups in total. The maximum atomic E-state index is 10.7. The number of hydrogen-bond donors (Lipinski definition) is 2. The molecule has 0 aliphatic heterocycles. The predicted octanol–water partition coefficient (Wildman–Crippen LogP) is 10.4. The Morgan fingerprint density at radius 2 is 0.898 bits per heavy atom. The molecule has 11 heteroatoms. The van der Waals surface area contributed by atoms with Crippen molar-refractivity contribution >= 4 is 63.7 Å². The molecule has 0 heterocycles.